The summed E-state index contributed by atoms with van der Waals surface area (Å²) in [7, 11) is 1.61. The highest BCUT2D eigenvalue weighted by Gasteiger charge is 2.07. The van der Waals surface area contributed by atoms with Gasteiger partial charge in [0.15, 0.2) is 0 Å². The first-order valence-electron chi connectivity index (χ1n) is 6.03. The molecule has 0 amide bonds. The predicted octanol–water partition coefficient (Wildman–Crippen LogP) is 2.80. The van der Waals surface area contributed by atoms with E-state index in [0.29, 0.717) is 6.54 Å². The van der Waals surface area contributed by atoms with Crippen LogP contribution in [0.2, 0.25) is 0 Å². The largest absolute Gasteiger partial charge is 0.508 e. The summed E-state index contributed by atoms with van der Waals surface area (Å²) in [6, 6.07) is 13.1. The molecule has 1 aromatic heterocycles. The van der Waals surface area contributed by atoms with Gasteiger partial charge in [0.25, 0.3) is 0 Å². The summed E-state index contributed by atoms with van der Waals surface area (Å²) in [6.07, 6.45) is 1.78. The molecule has 0 fully saturated rings. The van der Waals surface area contributed by atoms with Crippen molar-refractivity contribution in [1.82, 2.24) is 9.55 Å². The number of rotatable bonds is 3. The molecule has 0 bridgehead atoms. The topological polar surface area (TPSA) is 47.3 Å². The minimum Gasteiger partial charge on any atom is -0.508 e. The molecule has 3 rings (SSSR count). The second-order valence-electron chi connectivity index (χ2n) is 4.36. The second kappa shape index (κ2) is 4.65. The molecule has 2 aromatic carbocycles. The average molecular weight is 254 g/mol. The van der Waals surface area contributed by atoms with Crippen molar-refractivity contribution in [3.63, 3.8) is 0 Å². The number of aromatic nitrogens is 2. The third-order valence-corrected chi connectivity index (χ3v) is 3.15. The molecule has 96 valence electrons. The Morgan fingerprint density at radius 1 is 1.21 bits per heavy atom. The third kappa shape index (κ3) is 2.12. The zero-order chi connectivity index (χ0) is 13.2. The van der Waals surface area contributed by atoms with E-state index in [1.807, 2.05) is 34.9 Å². The lowest BCUT2D eigenvalue weighted by Crippen LogP contribution is -1.98. The fourth-order valence-corrected chi connectivity index (χ4v) is 2.14. The molecular weight excluding hydrogens is 240 g/mol. The summed E-state index contributed by atoms with van der Waals surface area (Å²) >= 11 is 0. The number of benzene rings is 2. The lowest BCUT2D eigenvalue weighted by molar-refractivity contribution is 0.410. The van der Waals surface area contributed by atoms with E-state index in [4.69, 9.17) is 4.74 Å². The highest BCUT2D eigenvalue weighted by molar-refractivity contribution is 5.75. The molecule has 0 saturated heterocycles. The van der Waals surface area contributed by atoms with Crippen molar-refractivity contribution in [3.05, 3.63) is 54.4 Å². The molecule has 4 heteroatoms. The highest BCUT2D eigenvalue weighted by atomic mass is 16.5. The molecule has 1 heterocycles. The molecule has 1 N–H and O–H groups in total. The molecule has 0 aliphatic carbocycles. The van der Waals surface area contributed by atoms with Gasteiger partial charge in [-0.3, -0.25) is 0 Å². The smallest absolute Gasteiger partial charge is 0.120 e. The molecule has 0 radical (unpaired) electrons. The first-order valence-corrected chi connectivity index (χ1v) is 6.03. The van der Waals surface area contributed by atoms with Crippen LogP contribution in [0.5, 0.6) is 11.5 Å². The fourth-order valence-electron chi connectivity index (χ4n) is 2.14. The van der Waals surface area contributed by atoms with Crippen LogP contribution in [0.1, 0.15) is 5.56 Å². The quantitative estimate of drug-likeness (QED) is 0.781. The van der Waals surface area contributed by atoms with Crippen molar-refractivity contribution in [2.75, 3.05) is 7.11 Å². The first-order chi connectivity index (χ1) is 9.28. The average Bonchev–Trinajstić information content (AvgIpc) is 2.85. The lowest BCUT2D eigenvalue weighted by Gasteiger charge is -2.08. The number of hydrogen-bond acceptors (Lipinski definition) is 3. The van der Waals surface area contributed by atoms with Crippen LogP contribution in [0.15, 0.2) is 48.8 Å². The van der Waals surface area contributed by atoms with Crippen LogP contribution in [0, 0.1) is 0 Å². The molecule has 0 aliphatic heterocycles. The van der Waals surface area contributed by atoms with Crippen LogP contribution in [-0.2, 0) is 6.54 Å². The van der Waals surface area contributed by atoms with Crippen LogP contribution in [0.3, 0.4) is 0 Å². The fraction of sp³-hybridized carbons (Fsp3) is 0.133. The van der Waals surface area contributed by atoms with E-state index in [1.165, 1.54) is 0 Å². The molecule has 0 spiro atoms. The van der Waals surface area contributed by atoms with Crippen molar-refractivity contribution in [1.29, 1.82) is 0 Å². The van der Waals surface area contributed by atoms with Crippen LogP contribution in [-0.4, -0.2) is 21.8 Å². The van der Waals surface area contributed by atoms with E-state index >= 15 is 0 Å². The Bertz CT molecular complexity index is 719. The number of para-hydroxylation sites is 2. The van der Waals surface area contributed by atoms with Crippen molar-refractivity contribution >= 4 is 11.0 Å². The van der Waals surface area contributed by atoms with Crippen molar-refractivity contribution in [3.8, 4) is 11.5 Å². The number of imidazole rings is 1. The van der Waals surface area contributed by atoms with Gasteiger partial charge < -0.3 is 14.4 Å². The summed E-state index contributed by atoms with van der Waals surface area (Å²) in [5.41, 5.74) is 2.80. The monoisotopic (exact) mass is 254 g/mol. The normalized spacial score (nSPS) is 10.8. The molecule has 4 nitrogen and oxygen atoms in total. The zero-order valence-corrected chi connectivity index (χ0v) is 10.6. The summed E-state index contributed by atoms with van der Waals surface area (Å²) in [6.45, 7) is 0.559. The number of fused-ring (bicyclic) bond motifs is 1. The van der Waals surface area contributed by atoms with Crippen LogP contribution >= 0.6 is 0 Å². The molecule has 3 aromatic rings. The van der Waals surface area contributed by atoms with E-state index in [9.17, 15) is 5.11 Å². The van der Waals surface area contributed by atoms with Gasteiger partial charge in [0.1, 0.15) is 11.5 Å². The maximum absolute atomic E-state index is 9.91. The van der Waals surface area contributed by atoms with Gasteiger partial charge in [0.05, 0.1) is 31.0 Å². The molecule has 0 atom stereocenters. The minimum atomic E-state index is 0.263. The Morgan fingerprint density at radius 3 is 2.89 bits per heavy atom. The van der Waals surface area contributed by atoms with Gasteiger partial charge >= 0.3 is 0 Å². The SMILES string of the molecule is COc1ccc(O)c(Cn2cnc3ccccc32)c1. The van der Waals surface area contributed by atoms with E-state index in [2.05, 4.69) is 4.98 Å². The van der Waals surface area contributed by atoms with Gasteiger partial charge in [-0.05, 0) is 30.3 Å². The molecule has 0 aliphatic rings. The van der Waals surface area contributed by atoms with Gasteiger partial charge in [-0.15, -0.1) is 0 Å². The Morgan fingerprint density at radius 2 is 2.05 bits per heavy atom. The number of ether oxygens (including phenoxy) is 1. The lowest BCUT2D eigenvalue weighted by atomic mass is 10.2. The number of phenols is 1. The Labute approximate surface area is 110 Å². The van der Waals surface area contributed by atoms with Crippen LogP contribution < -0.4 is 4.74 Å². The molecule has 0 unspecified atom stereocenters. The van der Waals surface area contributed by atoms with Crippen LogP contribution in [0.4, 0.5) is 0 Å². The Hall–Kier alpha value is -2.49. The minimum absolute atomic E-state index is 0.263. The van der Waals surface area contributed by atoms with E-state index in [1.54, 1.807) is 25.6 Å². The maximum Gasteiger partial charge on any atom is 0.120 e. The van der Waals surface area contributed by atoms with E-state index in [0.717, 1.165) is 22.3 Å². The number of nitrogens with zero attached hydrogens (tertiary/aromatic N) is 2. The maximum atomic E-state index is 9.91. The summed E-state index contributed by atoms with van der Waals surface area (Å²) in [5.74, 6) is 0.996. The van der Waals surface area contributed by atoms with Crippen molar-refractivity contribution in [2.45, 2.75) is 6.54 Å². The van der Waals surface area contributed by atoms with Gasteiger partial charge in [-0.1, -0.05) is 12.1 Å². The van der Waals surface area contributed by atoms with Crippen molar-refractivity contribution < 1.29 is 9.84 Å². The van der Waals surface area contributed by atoms with E-state index < -0.39 is 0 Å². The first kappa shape index (κ1) is 11.6. The standard InChI is InChI=1S/C15H14N2O2/c1-19-12-6-7-15(18)11(8-12)9-17-10-16-13-4-2-3-5-14(13)17/h2-8,10,18H,9H2,1H3. The van der Waals surface area contributed by atoms with Gasteiger partial charge in [0.2, 0.25) is 0 Å². The number of hydrogen-bond donors (Lipinski definition) is 1. The molecule has 19 heavy (non-hydrogen) atoms. The number of methoxy groups -OCH3 is 1. The Balaban J connectivity index is 2.01. The van der Waals surface area contributed by atoms with Gasteiger partial charge in [-0.25, -0.2) is 4.98 Å². The van der Waals surface area contributed by atoms with Crippen LogP contribution in [0.25, 0.3) is 11.0 Å². The number of phenolic OH excluding ortho intramolecular Hbond substituents is 1. The summed E-state index contributed by atoms with van der Waals surface area (Å²) in [4.78, 5) is 4.34. The third-order valence-electron chi connectivity index (χ3n) is 3.15. The van der Waals surface area contributed by atoms with E-state index in [-0.39, 0.29) is 5.75 Å². The molecular formula is C15H14N2O2. The Kier molecular flexibility index (Phi) is 2.83. The predicted molar refractivity (Wildman–Crippen MR) is 73.5 cm³/mol. The summed E-state index contributed by atoms with van der Waals surface area (Å²) < 4.78 is 7.18. The second-order valence-corrected chi connectivity index (χ2v) is 4.36. The molecule has 0 saturated carbocycles. The summed E-state index contributed by atoms with van der Waals surface area (Å²) in [5, 5.41) is 9.91. The number of aromatic hydroxyl groups is 1. The van der Waals surface area contributed by atoms with Gasteiger partial charge in [0, 0.05) is 5.56 Å². The highest BCUT2D eigenvalue weighted by Crippen LogP contribution is 2.24. The van der Waals surface area contributed by atoms with Crippen molar-refractivity contribution in [2.24, 2.45) is 0 Å². The van der Waals surface area contributed by atoms with Gasteiger partial charge in [-0.2, -0.15) is 0 Å². The zero-order valence-electron chi connectivity index (χ0n) is 10.6.